The molecule has 92 valence electrons. The molecule has 6 heteroatoms. The maximum Gasteiger partial charge on any atom is 0.251 e. The molecule has 0 unspecified atom stereocenters. The van der Waals surface area contributed by atoms with E-state index in [4.69, 9.17) is 4.74 Å². The number of methoxy groups -OCH3 is 1. The van der Waals surface area contributed by atoms with Gasteiger partial charge in [0.05, 0.1) is 12.8 Å². The number of aromatic amines is 1. The molecule has 0 bridgehead atoms. The zero-order valence-electron chi connectivity index (χ0n) is 9.88. The van der Waals surface area contributed by atoms with Crippen LogP contribution in [0.2, 0.25) is 0 Å². The first-order valence-corrected chi connectivity index (χ1v) is 5.75. The molecule has 18 heavy (non-hydrogen) atoms. The average molecular weight is 244 g/mol. The SMILES string of the molecule is COc1ccc(-c2nc(C3CC3)cc(=O)[nH]2)nn1. The molecule has 3 rings (SSSR count). The number of H-pyrrole nitrogens is 1. The lowest BCUT2D eigenvalue weighted by Gasteiger charge is -2.03. The van der Waals surface area contributed by atoms with Crippen LogP contribution in [0, 0.1) is 0 Å². The zero-order chi connectivity index (χ0) is 12.5. The molecular weight excluding hydrogens is 232 g/mol. The molecular formula is C12H12N4O2. The lowest BCUT2D eigenvalue weighted by Crippen LogP contribution is -2.10. The number of rotatable bonds is 3. The molecule has 1 saturated carbocycles. The quantitative estimate of drug-likeness (QED) is 0.874. The Morgan fingerprint density at radius 1 is 1.33 bits per heavy atom. The summed E-state index contributed by atoms with van der Waals surface area (Å²) in [5.41, 5.74) is 1.22. The predicted molar refractivity (Wildman–Crippen MR) is 64.4 cm³/mol. The van der Waals surface area contributed by atoms with Gasteiger partial charge in [0.15, 0.2) is 5.82 Å². The number of ether oxygens (including phenoxy) is 1. The molecule has 2 aromatic heterocycles. The van der Waals surface area contributed by atoms with Crippen LogP contribution in [0.1, 0.15) is 24.5 Å². The fourth-order valence-corrected chi connectivity index (χ4v) is 1.74. The largest absolute Gasteiger partial charge is 0.480 e. The second kappa shape index (κ2) is 4.21. The highest BCUT2D eigenvalue weighted by Crippen LogP contribution is 2.38. The minimum absolute atomic E-state index is 0.153. The molecule has 1 aliphatic carbocycles. The summed E-state index contributed by atoms with van der Waals surface area (Å²) in [6.45, 7) is 0. The van der Waals surface area contributed by atoms with Gasteiger partial charge >= 0.3 is 0 Å². The third-order valence-electron chi connectivity index (χ3n) is 2.85. The second-order valence-corrected chi connectivity index (χ2v) is 4.25. The lowest BCUT2D eigenvalue weighted by atomic mass is 10.2. The van der Waals surface area contributed by atoms with E-state index in [9.17, 15) is 4.79 Å². The van der Waals surface area contributed by atoms with Gasteiger partial charge in [0.1, 0.15) is 5.69 Å². The number of aromatic nitrogens is 4. The van der Waals surface area contributed by atoms with E-state index >= 15 is 0 Å². The molecule has 0 spiro atoms. The summed E-state index contributed by atoms with van der Waals surface area (Å²) >= 11 is 0. The zero-order valence-corrected chi connectivity index (χ0v) is 9.88. The third-order valence-corrected chi connectivity index (χ3v) is 2.85. The summed E-state index contributed by atoms with van der Waals surface area (Å²) in [6, 6.07) is 4.96. The number of hydrogen-bond donors (Lipinski definition) is 1. The summed E-state index contributed by atoms with van der Waals surface area (Å²) in [7, 11) is 1.53. The Morgan fingerprint density at radius 2 is 2.17 bits per heavy atom. The van der Waals surface area contributed by atoms with Crippen LogP contribution in [-0.4, -0.2) is 27.3 Å². The monoisotopic (exact) mass is 244 g/mol. The van der Waals surface area contributed by atoms with Crippen molar-refractivity contribution in [2.45, 2.75) is 18.8 Å². The molecule has 0 atom stereocenters. The first-order chi connectivity index (χ1) is 8.76. The highest BCUT2D eigenvalue weighted by atomic mass is 16.5. The van der Waals surface area contributed by atoms with Gasteiger partial charge in [-0.1, -0.05) is 0 Å². The van der Waals surface area contributed by atoms with Crippen molar-refractivity contribution in [3.05, 3.63) is 34.2 Å². The lowest BCUT2D eigenvalue weighted by molar-refractivity contribution is 0.392. The van der Waals surface area contributed by atoms with Gasteiger partial charge in [-0.15, -0.1) is 10.2 Å². The molecule has 2 heterocycles. The van der Waals surface area contributed by atoms with Crippen LogP contribution >= 0.6 is 0 Å². The summed E-state index contributed by atoms with van der Waals surface area (Å²) in [4.78, 5) is 18.7. The fraction of sp³-hybridized carbons (Fsp3) is 0.333. The summed E-state index contributed by atoms with van der Waals surface area (Å²) < 4.78 is 4.93. The van der Waals surface area contributed by atoms with E-state index in [2.05, 4.69) is 20.2 Å². The van der Waals surface area contributed by atoms with Gasteiger partial charge in [-0.3, -0.25) is 4.79 Å². The molecule has 0 aromatic carbocycles. The van der Waals surface area contributed by atoms with Gasteiger partial charge in [-0.05, 0) is 18.9 Å². The third kappa shape index (κ3) is 2.09. The van der Waals surface area contributed by atoms with E-state index in [0.29, 0.717) is 23.3 Å². The smallest absolute Gasteiger partial charge is 0.251 e. The first kappa shape index (κ1) is 10.9. The van der Waals surface area contributed by atoms with Crippen molar-refractivity contribution in [2.75, 3.05) is 7.11 Å². The maximum atomic E-state index is 11.6. The van der Waals surface area contributed by atoms with Crippen molar-refractivity contribution >= 4 is 0 Å². The Kier molecular flexibility index (Phi) is 2.55. The van der Waals surface area contributed by atoms with Crippen LogP contribution in [0.3, 0.4) is 0 Å². The van der Waals surface area contributed by atoms with Crippen molar-refractivity contribution in [1.82, 2.24) is 20.2 Å². The molecule has 0 saturated heterocycles. The predicted octanol–water partition coefficient (Wildman–Crippen LogP) is 1.11. The van der Waals surface area contributed by atoms with Gasteiger partial charge in [0.2, 0.25) is 5.88 Å². The van der Waals surface area contributed by atoms with Gasteiger partial charge in [0, 0.05) is 18.1 Å². The standard InChI is InChI=1S/C12H12N4O2/c1-18-11-5-4-8(15-16-11)12-13-9(7-2-3-7)6-10(17)14-12/h4-7H,2-3H2,1H3,(H,13,14,17). The van der Waals surface area contributed by atoms with Gasteiger partial charge in [0.25, 0.3) is 5.56 Å². The molecule has 0 amide bonds. The van der Waals surface area contributed by atoms with Crippen LogP contribution in [-0.2, 0) is 0 Å². The molecule has 0 radical (unpaired) electrons. The Bertz CT molecular complexity index is 617. The highest BCUT2D eigenvalue weighted by molar-refractivity contribution is 5.48. The van der Waals surface area contributed by atoms with Crippen molar-refractivity contribution in [3.63, 3.8) is 0 Å². The Balaban J connectivity index is 2.01. The highest BCUT2D eigenvalue weighted by Gasteiger charge is 2.26. The van der Waals surface area contributed by atoms with Crippen molar-refractivity contribution < 1.29 is 4.74 Å². The van der Waals surface area contributed by atoms with Gasteiger partial charge < -0.3 is 9.72 Å². The molecule has 1 aliphatic rings. The molecule has 0 aliphatic heterocycles. The second-order valence-electron chi connectivity index (χ2n) is 4.25. The molecule has 1 fully saturated rings. The van der Waals surface area contributed by atoms with Crippen LogP contribution in [0.25, 0.3) is 11.5 Å². The van der Waals surface area contributed by atoms with Crippen LogP contribution in [0.4, 0.5) is 0 Å². The Labute approximate surface area is 103 Å². The van der Waals surface area contributed by atoms with E-state index in [1.807, 2.05) is 0 Å². The van der Waals surface area contributed by atoms with E-state index in [0.717, 1.165) is 18.5 Å². The minimum atomic E-state index is -0.153. The first-order valence-electron chi connectivity index (χ1n) is 5.75. The topological polar surface area (TPSA) is 80.8 Å². The number of nitrogens with one attached hydrogen (secondary N) is 1. The van der Waals surface area contributed by atoms with E-state index in [-0.39, 0.29) is 5.56 Å². The summed E-state index contributed by atoms with van der Waals surface area (Å²) in [6.07, 6.45) is 2.20. The van der Waals surface area contributed by atoms with Crippen molar-refractivity contribution in [1.29, 1.82) is 0 Å². The van der Waals surface area contributed by atoms with Gasteiger partial charge in [-0.2, -0.15) is 0 Å². The molecule has 1 N–H and O–H groups in total. The van der Waals surface area contributed by atoms with E-state index in [1.54, 1.807) is 18.2 Å². The van der Waals surface area contributed by atoms with Crippen LogP contribution < -0.4 is 10.3 Å². The van der Waals surface area contributed by atoms with Crippen LogP contribution in [0.15, 0.2) is 23.0 Å². The summed E-state index contributed by atoms with van der Waals surface area (Å²) in [5, 5.41) is 7.83. The normalized spacial score (nSPS) is 14.5. The number of nitrogens with zero attached hydrogens (tertiary/aromatic N) is 3. The van der Waals surface area contributed by atoms with Crippen molar-refractivity contribution in [2.24, 2.45) is 0 Å². The average Bonchev–Trinajstić information content (AvgIpc) is 3.22. The fourth-order valence-electron chi connectivity index (χ4n) is 1.74. The number of hydrogen-bond acceptors (Lipinski definition) is 5. The summed E-state index contributed by atoms with van der Waals surface area (Å²) in [5.74, 6) is 1.32. The maximum absolute atomic E-state index is 11.6. The van der Waals surface area contributed by atoms with E-state index in [1.165, 1.54) is 7.11 Å². The molecule has 6 nitrogen and oxygen atoms in total. The molecule has 2 aromatic rings. The van der Waals surface area contributed by atoms with Crippen molar-refractivity contribution in [3.8, 4) is 17.4 Å². The Hall–Kier alpha value is -2.24. The Morgan fingerprint density at radius 3 is 2.78 bits per heavy atom. The minimum Gasteiger partial charge on any atom is -0.480 e. The van der Waals surface area contributed by atoms with Crippen LogP contribution in [0.5, 0.6) is 5.88 Å². The van der Waals surface area contributed by atoms with Gasteiger partial charge in [-0.25, -0.2) is 4.98 Å². The van der Waals surface area contributed by atoms with E-state index < -0.39 is 0 Å².